The monoisotopic (exact) mass is 404 g/mol. The molecule has 0 fully saturated rings. The highest BCUT2D eigenvalue weighted by atomic mass is 16.5. The fourth-order valence-corrected chi connectivity index (χ4v) is 3.04. The van der Waals surface area contributed by atoms with E-state index in [2.05, 4.69) is 26.0 Å². The van der Waals surface area contributed by atoms with Gasteiger partial charge in [-0.3, -0.25) is 0 Å². The number of hydrogen-bond acceptors (Lipinski definition) is 6. The summed E-state index contributed by atoms with van der Waals surface area (Å²) in [5.41, 5.74) is 3.88. The van der Waals surface area contributed by atoms with Gasteiger partial charge in [0.2, 0.25) is 0 Å². The zero-order valence-electron chi connectivity index (χ0n) is 17.6. The third-order valence-corrected chi connectivity index (χ3v) is 5.08. The summed E-state index contributed by atoms with van der Waals surface area (Å²) in [6.07, 6.45) is -1.79. The zero-order chi connectivity index (χ0) is 21.6. The van der Waals surface area contributed by atoms with E-state index in [9.17, 15) is 10.2 Å². The predicted octanol–water partition coefficient (Wildman–Crippen LogP) is 2.09. The van der Waals surface area contributed by atoms with Crippen LogP contribution in [-0.2, 0) is 5.41 Å². The number of aryl methyl sites for hydroxylation is 2. The Morgan fingerprint density at radius 2 is 1.14 bits per heavy atom. The largest absolute Gasteiger partial charge is 0.491 e. The van der Waals surface area contributed by atoms with Crippen LogP contribution < -0.4 is 9.47 Å². The topological polar surface area (TPSA) is 99.4 Å². The van der Waals surface area contributed by atoms with Crippen LogP contribution in [-0.4, -0.2) is 59.1 Å². The van der Waals surface area contributed by atoms with Crippen LogP contribution in [0.15, 0.2) is 36.4 Å². The molecule has 0 aliphatic rings. The van der Waals surface area contributed by atoms with E-state index in [1.165, 1.54) is 0 Å². The van der Waals surface area contributed by atoms with Gasteiger partial charge in [0.1, 0.15) is 36.9 Å². The van der Waals surface area contributed by atoms with Crippen molar-refractivity contribution in [2.45, 2.75) is 45.3 Å². The maximum atomic E-state index is 9.46. The lowest BCUT2D eigenvalue weighted by molar-refractivity contribution is 0.0534. The van der Waals surface area contributed by atoms with Crippen molar-refractivity contribution in [2.24, 2.45) is 0 Å². The molecule has 29 heavy (non-hydrogen) atoms. The van der Waals surface area contributed by atoms with Crippen molar-refractivity contribution in [3.8, 4) is 11.5 Å². The minimum Gasteiger partial charge on any atom is -0.491 e. The molecule has 0 radical (unpaired) electrons. The molecule has 2 aromatic carbocycles. The molecule has 0 aliphatic heterocycles. The van der Waals surface area contributed by atoms with Gasteiger partial charge >= 0.3 is 0 Å². The molecular formula is C23H32O6. The molecule has 6 heteroatoms. The van der Waals surface area contributed by atoms with Gasteiger partial charge in [0.15, 0.2) is 0 Å². The van der Waals surface area contributed by atoms with Crippen LogP contribution in [0.1, 0.15) is 36.1 Å². The lowest BCUT2D eigenvalue weighted by Gasteiger charge is -2.28. The molecule has 2 unspecified atom stereocenters. The summed E-state index contributed by atoms with van der Waals surface area (Å²) in [6, 6.07) is 11.9. The highest BCUT2D eigenvalue weighted by molar-refractivity contribution is 5.47. The molecule has 0 heterocycles. The summed E-state index contributed by atoms with van der Waals surface area (Å²) in [7, 11) is 0. The molecule has 2 rings (SSSR count). The van der Waals surface area contributed by atoms with Crippen LogP contribution in [0.5, 0.6) is 11.5 Å². The molecule has 0 saturated heterocycles. The Balaban J connectivity index is 2.19. The molecule has 0 amide bonds. The average molecular weight is 405 g/mol. The van der Waals surface area contributed by atoms with Crippen molar-refractivity contribution in [3.63, 3.8) is 0 Å². The molecule has 0 spiro atoms. The fraction of sp³-hybridized carbons (Fsp3) is 0.478. The van der Waals surface area contributed by atoms with Gasteiger partial charge in [-0.15, -0.1) is 0 Å². The Bertz CT molecular complexity index is 736. The number of ether oxygens (including phenoxy) is 2. The number of rotatable bonds is 10. The molecule has 0 bridgehead atoms. The summed E-state index contributed by atoms with van der Waals surface area (Å²) in [5, 5.41) is 36.7. The highest BCUT2D eigenvalue weighted by Crippen LogP contribution is 2.35. The minimum atomic E-state index is -0.896. The molecule has 2 atom stereocenters. The second kappa shape index (κ2) is 10.1. The fourth-order valence-electron chi connectivity index (χ4n) is 3.04. The van der Waals surface area contributed by atoms with E-state index < -0.39 is 12.2 Å². The first-order valence-electron chi connectivity index (χ1n) is 9.74. The van der Waals surface area contributed by atoms with Crippen LogP contribution in [0.2, 0.25) is 0 Å². The van der Waals surface area contributed by atoms with Gasteiger partial charge in [0, 0.05) is 5.41 Å². The first-order chi connectivity index (χ1) is 13.7. The maximum Gasteiger partial charge on any atom is 0.122 e. The molecule has 6 nitrogen and oxygen atoms in total. The zero-order valence-corrected chi connectivity index (χ0v) is 17.6. The van der Waals surface area contributed by atoms with E-state index in [0.717, 1.165) is 22.3 Å². The van der Waals surface area contributed by atoms with Crippen molar-refractivity contribution >= 4 is 0 Å². The lowest BCUT2D eigenvalue weighted by Crippen LogP contribution is -2.22. The SMILES string of the molecule is Cc1cc(C(C)(C)c2ccc(OCC(O)CO)c(C)c2)ccc1OCC(O)CO. The minimum absolute atomic E-state index is 0.0473. The molecule has 2 aromatic rings. The van der Waals surface area contributed by atoms with Crippen molar-refractivity contribution in [2.75, 3.05) is 26.4 Å². The number of benzene rings is 2. The summed E-state index contributed by atoms with van der Waals surface area (Å²) in [5.74, 6) is 1.36. The van der Waals surface area contributed by atoms with Gasteiger partial charge in [-0.2, -0.15) is 0 Å². The first-order valence-corrected chi connectivity index (χ1v) is 9.74. The van der Waals surface area contributed by atoms with Crippen molar-refractivity contribution in [3.05, 3.63) is 58.7 Å². The Labute approximate surface area is 172 Å². The van der Waals surface area contributed by atoms with Crippen molar-refractivity contribution < 1.29 is 29.9 Å². The summed E-state index contributed by atoms with van der Waals surface area (Å²) in [4.78, 5) is 0. The Morgan fingerprint density at radius 3 is 1.45 bits per heavy atom. The quantitative estimate of drug-likeness (QED) is 0.484. The number of aliphatic hydroxyl groups excluding tert-OH is 4. The second-order valence-electron chi connectivity index (χ2n) is 7.88. The highest BCUT2D eigenvalue weighted by Gasteiger charge is 2.24. The van der Waals surface area contributed by atoms with Gasteiger partial charge in [0.05, 0.1) is 13.2 Å². The van der Waals surface area contributed by atoms with Gasteiger partial charge in [-0.05, 0) is 48.2 Å². The lowest BCUT2D eigenvalue weighted by atomic mass is 9.77. The van der Waals surface area contributed by atoms with Crippen molar-refractivity contribution in [1.29, 1.82) is 0 Å². The van der Waals surface area contributed by atoms with E-state index in [1.54, 1.807) is 0 Å². The number of hydrogen-bond donors (Lipinski definition) is 4. The van der Waals surface area contributed by atoms with Crippen LogP contribution in [0, 0.1) is 13.8 Å². The molecule has 0 aliphatic carbocycles. The van der Waals surface area contributed by atoms with E-state index in [4.69, 9.17) is 19.7 Å². The first kappa shape index (κ1) is 23.2. The molecule has 0 aromatic heterocycles. The maximum absolute atomic E-state index is 9.46. The molecule has 0 saturated carbocycles. The van der Waals surface area contributed by atoms with E-state index in [0.29, 0.717) is 11.5 Å². The van der Waals surface area contributed by atoms with Crippen LogP contribution in [0.4, 0.5) is 0 Å². The van der Waals surface area contributed by atoms with Crippen LogP contribution in [0.25, 0.3) is 0 Å². The normalized spacial score (nSPS) is 13.8. The molecular weight excluding hydrogens is 372 g/mol. The smallest absolute Gasteiger partial charge is 0.122 e. The predicted molar refractivity (Wildman–Crippen MR) is 112 cm³/mol. The van der Waals surface area contributed by atoms with Gasteiger partial charge < -0.3 is 29.9 Å². The summed E-state index contributed by atoms with van der Waals surface area (Å²) >= 11 is 0. The Kier molecular flexibility index (Phi) is 8.05. The average Bonchev–Trinajstić information content (AvgIpc) is 2.71. The summed E-state index contributed by atoms with van der Waals surface area (Å²) in [6.45, 7) is 7.62. The van der Waals surface area contributed by atoms with E-state index in [1.807, 2.05) is 38.1 Å². The van der Waals surface area contributed by atoms with Crippen molar-refractivity contribution in [1.82, 2.24) is 0 Å². The van der Waals surface area contributed by atoms with Crippen LogP contribution >= 0.6 is 0 Å². The van der Waals surface area contributed by atoms with E-state index >= 15 is 0 Å². The number of aliphatic hydroxyl groups is 4. The third-order valence-electron chi connectivity index (χ3n) is 5.08. The second-order valence-corrected chi connectivity index (χ2v) is 7.88. The molecule has 160 valence electrons. The van der Waals surface area contributed by atoms with Gasteiger partial charge in [-0.1, -0.05) is 38.1 Å². The van der Waals surface area contributed by atoms with Crippen LogP contribution in [0.3, 0.4) is 0 Å². The Hall–Kier alpha value is -2.12. The van der Waals surface area contributed by atoms with Gasteiger partial charge in [0.25, 0.3) is 0 Å². The van der Waals surface area contributed by atoms with E-state index in [-0.39, 0.29) is 31.8 Å². The summed E-state index contributed by atoms with van der Waals surface area (Å²) < 4.78 is 11.2. The molecule has 4 N–H and O–H groups in total. The standard InChI is InChI=1S/C23H32O6/c1-15-9-17(5-7-21(15)28-13-19(26)11-24)23(3,4)18-6-8-22(16(2)10-18)29-14-20(27)12-25/h5-10,19-20,24-27H,11-14H2,1-4H3. The third kappa shape index (κ3) is 5.93. The Morgan fingerprint density at radius 1 is 0.759 bits per heavy atom. The van der Waals surface area contributed by atoms with Gasteiger partial charge in [-0.25, -0.2) is 0 Å².